The quantitative estimate of drug-likeness (QED) is 0.0207. The van der Waals surface area contributed by atoms with Crippen LogP contribution >= 0.6 is 66.7 Å². The second kappa shape index (κ2) is 36.7. The van der Waals surface area contributed by atoms with Crippen LogP contribution in [0.3, 0.4) is 0 Å². The van der Waals surface area contributed by atoms with Gasteiger partial charge >= 0.3 is 5.97 Å². The van der Waals surface area contributed by atoms with E-state index in [-0.39, 0.29) is 77.6 Å². The molecule has 0 spiro atoms. The smallest absolute Gasteiger partial charge is 0.339 e. The number of benzene rings is 5. The number of aromatic nitrogens is 6. The molecule has 23 nitrogen and oxygen atoms in total. The summed E-state index contributed by atoms with van der Waals surface area (Å²) in [5.74, 6) is -3.75. The van der Waals surface area contributed by atoms with E-state index in [1.54, 1.807) is 79.3 Å². The van der Waals surface area contributed by atoms with Gasteiger partial charge in [0, 0.05) is 118 Å². The Balaban J connectivity index is 0.000000139. The molecule has 0 unspecified atom stereocenters. The zero-order chi connectivity index (χ0) is 81.7. The van der Waals surface area contributed by atoms with Crippen LogP contribution in [0.2, 0.25) is 15.1 Å². The zero-order valence-corrected chi connectivity index (χ0v) is 64.1. The Kier molecular flexibility index (Phi) is 26.5. The van der Waals surface area contributed by atoms with Crippen molar-refractivity contribution in [2.24, 2.45) is 0 Å². The molecular weight excluding hydrogens is 1680 g/mol. The lowest BCUT2D eigenvalue weighted by Crippen LogP contribution is -2.20. The number of amides is 3. The molecule has 17 rings (SSSR count). The fourth-order valence-electron chi connectivity index (χ4n) is 11.5. The first-order chi connectivity index (χ1) is 54.5. The van der Waals surface area contributed by atoms with E-state index in [1.165, 1.54) is 103 Å². The Bertz CT molecular complexity index is 5810. The number of halogens is 10. The number of nitrogens with one attached hydrogen (secondary N) is 4. The Hall–Kier alpha value is -12.6. The molecule has 0 saturated carbocycles. The predicted molar refractivity (Wildman–Crippen MR) is 424 cm³/mol. The molecule has 6 aromatic heterocycles. The third-order valence-electron chi connectivity index (χ3n) is 17.0. The number of ketones is 4. The number of alkyl halides is 2. The number of fused-ring (bicyclic) bond motifs is 5. The van der Waals surface area contributed by atoms with E-state index in [0.717, 1.165) is 27.7 Å². The van der Waals surface area contributed by atoms with Crippen LogP contribution in [0.25, 0.3) is 22.2 Å². The van der Waals surface area contributed by atoms with E-state index in [2.05, 4.69) is 77.7 Å². The molecule has 10 N–H and O–H groups in total. The van der Waals surface area contributed by atoms with Gasteiger partial charge in [0.15, 0.2) is 55.3 Å². The van der Waals surface area contributed by atoms with Crippen molar-refractivity contribution in [2.45, 2.75) is 48.2 Å². The number of allylic oxidation sites excluding steroid dienone is 7. The normalized spacial score (nSPS) is 14.2. The molecule has 0 saturated heterocycles. The van der Waals surface area contributed by atoms with Crippen molar-refractivity contribution in [3.63, 3.8) is 0 Å². The maximum absolute atomic E-state index is 14.8. The number of carbonyl (C=O) groups excluding carboxylic acids is 7. The zero-order valence-electron chi connectivity index (χ0n) is 58.6. The lowest BCUT2D eigenvalue weighted by Gasteiger charge is -2.14. The molecular formula is C81H57Br2Cl3F5N11O12. The van der Waals surface area contributed by atoms with Gasteiger partial charge in [0.1, 0.15) is 57.6 Å². The van der Waals surface area contributed by atoms with Crippen molar-refractivity contribution in [3.8, 4) is 28.7 Å². The number of nitrogen functional groups attached to an aromatic ring is 2. The van der Waals surface area contributed by atoms with Gasteiger partial charge in [-0.3, -0.25) is 38.5 Å². The van der Waals surface area contributed by atoms with Crippen molar-refractivity contribution in [3.05, 3.63) is 301 Å². The van der Waals surface area contributed by atoms with Crippen molar-refractivity contribution in [2.75, 3.05) is 27.4 Å². The summed E-state index contributed by atoms with van der Waals surface area (Å²) in [5.41, 5.74) is 17.4. The summed E-state index contributed by atoms with van der Waals surface area (Å²) in [6.07, 6.45) is 17.5. The SMILES string of the molecule is Clc1ccnc2[nH]ccc12.Nc1ccc(O)c(F)c1.Nc1ccc(Oc2ccnc3c2CC(=O)N3)c(F)c1.O=C(O)C1=CCC=C(c2ccc(F)cc2)C1=O.O=C1Cc2c(Cl)ccnc2N1.O=C1Cc2nccc(Oc3ccc(CC(=O)C4=CCC=C(c5ccc(F)cc5)C4=O)cc3F)c2C1.O=C1Nc2nccc(Cl)c2C1(Br)Br. The van der Waals surface area contributed by atoms with Crippen LogP contribution in [0.4, 0.5) is 50.8 Å². The maximum Gasteiger partial charge on any atom is 0.339 e. The van der Waals surface area contributed by atoms with Crippen LogP contribution in [-0.2, 0) is 73.7 Å². The van der Waals surface area contributed by atoms with E-state index < -0.39 is 55.6 Å². The number of carboxylic acid groups (broad SMARTS) is 1. The topological polar surface area (TPSA) is 364 Å². The van der Waals surface area contributed by atoms with Gasteiger partial charge in [0.05, 0.1) is 39.7 Å². The summed E-state index contributed by atoms with van der Waals surface area (Å²) in [6, 6.07) is 33.1. The van der Waals surface area contributed by atoms with E-state index in [0.29, 0.717) is 120 Å². The van der Waals surface area contributed by atoms with Gasteiger partial charge in [-0.15, -0.1) is 0 Å². The fourth-order valence-corrected chi connectivity index (χ4v) is 13.5. The second-order valence-corrected chi connectivity index (χ2v) is 29.5. The highest BCUT2D eigenvalue weighted by Crippen LogP contribution is 2.49. The highest BCUT2D eigenvalue weighted by Gasteiger charge is 2.45. The molecule has 3 aliphatic carbocycles. The summed E-state index contributed by atoms with van der Waals surface area (Å²) >= 11 is 24.0. The fraction of sp³-hybridized carbons (Fsp3) is 0.0988. The lowest BCUT2D eigenvalue weighted by molar-refractivity contribution is -0.134. The number of H-pyrrole nitrogens is 1. The Morgan fingerprint density at radius 3 is 1.59 bits per heavy atom. The monoisotopic (exact) mass is 1730 g/mol. The standard InChI is InChI=1S/C28H19F2NO4.C13H10FN3O2.C13H9FO3.C7H3Br2ClN2O.C7H5ClN2O.C7H5ClN2.C6H6FNO/c29-18-7-5-17(6-8-18)20-2-1-3-21(28(20)34)25(33)13-16-4-9-27(23(30)12-16)35-26-10-11-31-24-15-19(32)14-22(24)26;14-9-5-7(15)1-2-11(9)19-10-3-4-16-13-8(10)6-12(18)17-13;14-9-6-4-8(5-7-9)10-2-1-3-11(12(10)15)13(16)17;8-7(9)4-3(10)1-2-11-5(4)12-6(7)13;8-5-1-2-9-7-4(5)3-6(11)10-7;8-6-2-4-10-7-5(6)1-3-9-7;7-5-3-4(8)1-2-6(5)9/h2-12H,1,13-15H2;1-5H,6,15H2,(H,16,17,18);2-7H,1H2,(H,16,17);1-2H,(H,11,12,13);1-2H,3H2,(H,9,10,11);1-4H,(H,9,10);1-3,9H,8H2. The predicted octanol–water partition coefficient (Wildman–Crippen LogP) is 16.4. The van der Waals surface area contributed by atoms with E-state index in [9.17, 15) is 60.3 Å². The first-order valence-corrected chi connectivity index (χ1v) is 36.4. The largest absolute Gasteiger partial charge is 0.505 e. The van der Waals surface area contributed by atoms with Crippen molar-refractivity contribution in [1.29, 1.82) is 0 Å². The molecule has 0 atom stereocenters. The highest BCUT2D eigenvalue weighted by atomic mass is 79.9. The van der Waals surface area contributed by atoms with E-state index in [4.69, 9.17) is 66.0 Å². The number of carboxylic acids is 1. The van der Waals surface area contributed by atoms with Crippen molar-refractivity contribution >= 4 is 164 Å². The summed E-state index contributed by atoms with van der Waals surface area (Å²) in [7, 11) is 0. The molecule has 0 radical (unpaired) electrons. The number of aromatic amines is 1. The average Bonchev–Trinajstić information content (AvgIpc) is 1.72. The number of nitrogens with two attached hydrogens (primary N) is 2. The first kappa shape index (κ1) is 82.4. The maximum atomic E-state index is 14.8. The molecule has 11 aromatic rings. The van der Waals surface area contributed by atoms with Gasteiger partial charge in [0.25, 0.3) is 5.91 Å². The number of aliphatic carboxylic acids is 1. The minimum absolute atomic E-state index is 0.0295. The molecule has 578 valence electrons. The lowest BCUT2D eigenvalue weighted by atomic mass is 9.88. The molecule has 0 bridgehead atoms. The van der Waals surface area contributed by atoms with Gasteiger partial charge in [-0.05, 0) is 127 Å². The Morgan fingerprint density at radius 2 is 1.02 bits per heavy atom. The number of ether oxygens (including phenoxy) is 2. The van der Waals surface area contributed by atoms with Crippen molar-refractivity contribution in [1.82, 2.24) is 29.9 Å². The van der Waals surface area contributed by atoms with Crippen molar-refractivity contribution < 1.29 is 80.0 Å². The van der Waals surface area contributed by atoms with Crippen LogP contribution in [0.1, 0.15) is 57.5 Å². The average molecular weight is 1740 g/mol. The number of anilines is 5. The number of phenols is 1. The summed E-state index contributed by atoms with van der Waals surface area (Å²) in [5, 5.41) is 28.1. The minimum Gasteiger partial charge on any atom is -0.505 e. The third kappa shape index (κ3) is 20.2. The number of nitrogens with zero attached hydrogens (tertiary/aromatic N) is 5. The van der Waals surface area contributed by atoms with Crippen LogP contribution in [0, 0.1) is 29.1 Å². The number of aromatic hydroxyl groups is 1. The molecule has 33 heteroatoms. The van der Waals surface area contributed by atoms with Gasteiger partial charge < -0.3 is 52.1 Å². The summed E-state index contributed by atoms with van der Waals surface area (Å²) < 4.78 is 77.0. The van der Waals surface area contributed by atoms with Crippen LogP contribution in [0.15, 0.2) is 212 Å². The Labute approximate surface area is 675 Å². The minimum atomic E-state index is -1.23. The van der Waals surface area contributed by atoms with Crippen LogP contribution < -0.4 is 36.9 Å². The molecule has 6 aliphatic rings. The van der Waals surface area contributed by atoms with Crippen LogP contribution in [-0.4, -0.2) is 86.9 Å². The molecule has 114 heavy (non-hydrogen) atoms. The number of carbonyl (C=O) groups is 8. The third-order valence-corrected chi connectivity index (χ3v) is 19.5. The van der Waals surface area contributed by atoms with Gasteiger partial charge in [-0.1, -0.05) is 121 Å². The number of Topliss-reactive ketones (excluding diaryl/α,β-unsaturated/α-hetero) is 4. The van der Waals surface area contributed by atoms with Crippen LogP contribution in [0.5, 0.6) is 28.7 Å². The summed E-state index contributed by atoms with van der Waals surface area (Å²) in [4.78, 5) is 117. The molecule has 9 heterocycles. The summed E-state index contributed by atoms with van der Waals surface area (Å²) in [6.45, 7) is 0. The van der Waals surface area contributed by atoms with E-state index in [1.807, 2.05) is 12.3 Å². The number of rotatable bonds is 10. The molecule has 3 aliphatic heterocycles. The van der Waals surface area contributed by atoms with Gasteiger partial charge in [-0.2, -0.15) is 0 Å². The Morgan fingerprint density at radius 1 is 0.509 bits per heavy atom. The van der Waals surface area contributed by atoms with Gasteiger partial charge in [0.2, 0.25) is 11.8 Å². The number of pyridine rings is 5. The van der Waals surface area contributed by atoms with Gasteiger partial charge in [-0.25, -0.2) is 46.7 Å². The van der Waals surface area contributed by atoms with E-state index >= 15 is 0 Å². The highest BCUT2D eigenvalue weighted by molar-refractivity contribution is 9.25. The second-order valence-electron chi connectivity index (χ2n) is 24.8. The molecule has 0 fully saturated rings. The number of phenolic OH excluding ortho intramolecular Hbond substituents is 1. The number of hydrogen-bond acceptors (Lipinski definition) is 18. The number of hydrogen-bond donors (Lipinski definition) is 8. The molecule has 5 aromatic carbocycles. The molecule has 3 amide bonds. The first-order valence-electron chi connectivity index (χ1n) is 33.7.